The van der Waals surface area contributed by atoms with Crippen LogP contribution in [0.25, 0.3) is 0 Å². The molecule has 0 heterocycles. The van der Waals surface area contributed by atoms with E-state index in [1.54, 1.807) is 14.2 Å². The molecule has 0 saturated carbocycles. The lowest BCUT2D eigenvalue weighted by atomic mass is 9.86. The van der Waals surface area contributed by atoms with Crippen LogP contribution < -0.4 is 9.47 Å². The van der Waals surface area contributed by atoms with Crippen LogP contribution in [0, 0.1) is 6.92 Å². The van der Waals surface area contributed by atoms with Crippen molar-refractivity contribution in [3.63, 3.8) is 0 Å². The van der Waals surface area contributed by atoms with Gasteiger partial charge >= 0.3 is 0 Å². The molecule has 1 aromatic carbocycles. The molecule has 2 nitrogen and oxygen atoms in total. The number of rotatable bonds is 2. The van der Waals surface area contributed by atoms with Crippen LogP contribution in [0.3, 0.4) is 0 Å². The molecule has 1 rings (SSSR count). The highest BCUT2D eigenvalue weighted by Gasteiger charge is 2.18. The topological polar surface area (TPSA) is 18.5 Å². The molecule has 0 atom stereocenters. The second-order valence-corrected chi connectivity index (χ2v) is 4.78. The number of aryl methyl sites for hydroxylation is 1. The first kappa shape index (κ1) is 15.8. The van der Waals surface area contributed by atoms with Gasteiger partial charge in [-0.05, 0) is 29.5 Å². The molecule has 0 aliphatic carbocycles. The van der Waals surface area contributed by atoms with E-state index >= 15 is 0 Å². The van der Waals surface area contributed by atoms with E-state index in [4.69, 9.17) is 9.47 Å². The van der Waals surface area contributed by atoms with Gasteiger partial charge in [0.15, 0.2) is 11.5 Å². The van der Waals surface area contributed by atoms with Crippen molar-refractivity contribution in [2.24, 2.45) is 0 Å². The summed E-state index contributed by atoms with van der Waals surface area (Å²) in [5.74, 6) is 1.63. The van der Waals surface area contributed by atoms with E-state index in [9.17, 15) is 0 Å². The Bertz CT molecular complexity index is 349. The predicted octanol–water partition coefficient (Wildman–Crippen LogP) is 4.34. The van der Waals surface area contributed by atoms with Gasteiger partial charge in [-0.1, -0.05) is 40.7 Å². The Labute approximate surface area is 106 Å². The van der Waals surface area contributed by atoms with Gasteiger partial charge in [-0.25, -0.2) is 0 Å². The quantitative estimate of drug-likeness (QED) is 0.763. The smallest absolute Gasteiger partial charge is 0.163 e. The molecule has 0 bridgehead atoms. The van der Waals surface area contributed by atoms with Crippen molar-refractivity contribution in [2.45, 2.75) is 47.0 Å². The minimum Gasteiger partial charge on any atom is -0.493 e. The van der Waals surface area contributed by atoms with Crippen molar-refractivity contribution < 1.29 is 9.47 Å². The van der Waals surface area contributed by atoms with Gasteiger partial charge in [-0.2, -0.15) is 0 Å². The molecule has 2 heteroatoms. The van der Waals surface area contributed by atoms with Crippen molar-refractivity contribution in [1.82, 2.24) is 0 Å². The van der Waals surface area contributed by atoms with E-state index in [0.29, 0.717) is 0 Å². The van der Waals surface area contributed by atoms with Crippen LogP contribution >= 0.6 is 0 Å². The maximum absolute atomic E-state index is 5.33. The average Bonchev–Trinajstić information content (AvgIpc) is 2.29. The first-order valence-corrected chi connectivity index (χ1v) is 6.13. The Balaban J connectivity index is 0.00000121. The minimum absolute atomic E-state index is 0.129. The predicted molar refractivity (Wildman–Crippen MR) is 74.3 cm³/mol. The fraction of sp³-hybridized carbons (Fsp3) is 0.600. The molecule has 0 unspecified atom stereocenters. The number of hydrogen-bond donors (Lipinski definition) is 0. The average molecular weight is 238 g/mol. The van der Waals surface area contributed by atoms with Gasteiger partial charge in [-0.3, -0.25) is 0 Å². The van der Waals surface area contributed by atoms with E-state index in [0.717, 1.165) is 17.1 Å². The van der Waals surface area contributed by atoms with Gasteiger partial charge in [0.1, 0.15) is 0 Å². The first-order chi connectivity index (χ1) is 7.90. The highest BCUT2D eigenvalue weighted by Crippen LogP contribution is 2.35. The van der Waals surface area contributed by atoms with Gasteiger partial charge in [0.25, 0.3) is 0 Å². The Morgan fingerprint density at radius 1 is 0.941 bits per heavy atom. The summed E-state index contributed by atoms with van der Waals surface area (Å²) in [7, 11) is 3.34. The number of hydrogen-bond acceptors (Lipinski definition) is 2. The molecule has 0 amide bonds. The molecular weight excluding hydrogens is 212 g/mol. The molecule has 0 aliphatic rings. The fourth-order valence-electron chi connectivity index (χ4n) is 1.59. The molecule has 17 heavy (non-hydrogen) atoms. The highest BCUT2D eigenvalue weighted by molar-refractivity contribution is 5.50. The third kappa shape index (κ3) is 3.95. The van der Waals surface area contributed by atoms with Crippen LogP contribution in [-0.4, -0.2) is 14.2 Å². The monoisotopic (exact) mass is 238 g/mol. The van der Waals surface area contributed by atoms with E-state index < -0.39 is 0 Å². The zero-order valence-corrected chi connectivity index (χ0v) is 12.5. The summed E-state index contributed by atoms with van der Waals surface area (Å²) in [5, 5.41) is 0. The molecule has 0 aliphatic heterocycles. The number of benzene rings is 1. The Morgan fingerprint density at radius 2 is 1.47 bits per heavy atom. The molecule has 0 aromatic heterocycles. The summed E-state index contributed by atoms with van der Waals surface area (Å²) < 4.78 is 10.6. The molecule has 0 saturated heterocycles. The third-order valence-corrected chi connectivity index (χ3v) is 2.53. The molecule has 1 aromatic rings. The van der Waals surface area contributed by atoms with Crippen LogP contribution in [0.2, 0.25) is 0 Å². The second-order valence-electron chi connectivity index (χ2n) is 4.78. The molecule has 0 N–H and O–H groups in total. The van der Waals surface area contributed by atoms with Crippen molar-refractivity contribution >= 4 is 0 Å². The SMILES string of the molecule is CC.COc1cc(C(C)(C)C)cc(C)c1OC. The number of ether oxygens (including phenoxy) is 2. The normalized spacial score (nSPS) is 10.4. The van der Waals surface area contributed by atoms with Gasteiger partial charge in [0.2, 0.25) is 0 Å². The van der Waals surface area contributed by atoms with Crippen LogP contribution in [0.4, 0.5) is 0 Å². The Morgan fingerprint density at radius 3 is 1.82 bits per heavy atom. The molecule has 0 spiro atoms. The van der Waals surface area contributed by atoms with Gasteiger partial charge in [0.05, 0.1) is 14.2 Å². The zero-order valence-electron chi connectivity index (χ0n) is 12.5. The van der Waals surface area contributed by atoms with Crippen LogP contribution in [-0.2, 0) is 5.41 Å². The van der Waals surface area contributed by atoms with Crippen molar-refractivity contribution in [2.75, 3.05) is 14.2 Å². The Kier molecular flexibility index (Phi) is 6.08. The van der Waals surface area contributed by atoms with E-state index in [1.807, 2.05) is 26.8 Å². The first-order valence-electron chi connectivity index (χ1n) is 6.13. The summed E-state index contributed by atoms with van der Waals surface area (Å²) in [5.41, 5.74) is 2.50. The van der Waals surface area contributed by atoms with Crippen LogP contribution in [0.5, 0.6) is 11.5 Å². The lowest BCUT2D eigenvalue weighted by Gasteiger charge is -2.22. The van der Waals surface area contributed by atoms with Gasteiger partial charge in [0, 0.05) is 0 Å². The summed E-state index contributed by atoms with van der Waals surface area (Å²) in [6.07, 6.45) is 0. The zero-order chi connectivity index (χ0) is 13.6. The summed E-state index contributed by atoms with van der Waals surface area (Å²) in [6.45, 7) is 12.6. The Hall–Kier alpha value is -1.18. The van der Waals surface area contributed by atoms with Gasteiger partial charge in [-0.15, -0.1) is 0 Å². The van der Waals surface area contributed by atoms with Crippen LogP contribution in [0.15, 0.2) is 12.1 Å². The standard InChI is InChI=1S/C13H20O2.C2H6/c1-9-7-10(13(2,3)4)8-11(14-5)12(9)15-6;1-2/h7-8H,1-6H3;1-2H3. The number of methoxy groups -OCH3 is 2. The van der Waals surface area contributed by atoms with Crippen molar-refractivity contribution in [3.05, 3.63) is 23.3 Å². The van der Waals surface area contributed by atoms with E-state index in [-0.39, 0.29) is 5.41 Å². The minimum atomic E-state index is 0.129. The van der Waals surface area contributed by atoms with E-state index in [1.165, 1.54) is 5.56 Å². The lowest BCUT2D eigenvalue weighted by molar-refractivity contribution is 0.351. The molecule has 98 valence electrons. The maximum atomic E-state index is 5.33. The van der Waals surface area contributed by atoms with E-state index in [2.05, 4.69) is 26.8 Å². The highest BCUT2D eigenvalue weighted by atomic mass is 16.5. The summed E-state index contributed by atoms with van der Waals surface area (Å²) in [4.78, 5) is 0. The molecule has 0 radical (unpaired) electrons. The van der Waals surface area contributed by atoms with Crippen LogP contribution in [0.1, 0.15) is 45.7 Å². The fourth-order valence-corrected chi connectivity index (χ4v) is 1.59. The molecule has 0 fully saturated rings. The van der Waals surface area contributed by atoms with Gasteiger partial charge < -0.3 is 9.47 Å². The van der Waals surface area contributed by atoms with Crippen molar-refractivity contribution in [3.8, 4) is 11.5 Å². The molecular formula is C15H26O2. The largest absolute Gasteiger partial charge is 0.493 e. The third-order valence-electron chi connectivity index (χ3n) is 2.53. The second kappa shape index (κ2) is 6.53. The summed E-state index contributed by atoms with van der Waals surface area (Å²) in [6, 6.07) is 4.20. The summed E-state index contributed by atoms with van der Waals surface area (Å²) >= 11 is 0. The lowest BCUT2D eigenvalue weighted by Crippen LogP contribution is -2.12. The van der Waals surface area contributed by atoms with Crippen molar-refractivity contribution in [1.29, 1.82) is 0 Å². The maximum Gasteiger partial charge on any atom is 0.163 e.